The highest BCUT2D eigenvalue weighted by molar-refractivity contribution is 9.09. The van der Waals surface area contributed by atoms with Crippen LogP contribution in [0.1, 0.15) is 28.0 Å². The van der Waals surface area contributed by atoms with Crippen molar-refractivity contribution in [1.29, 1.82) is 0 Å². The number of pyridine rings is 1. The Kier molecular flexibility index (Phi) is 4.50. The van der Waals surface area contributed by atoms with Crippen molar-refractivity contribution < 1.29 is 18.0 Å². The molecule has 1 heterocycles. The Hall–Kier alpha value is -1.11. The normalized spacial score (nSPS) is 11.5. The van der Waals surface area contributed by atoms with Crippen LogP contribution in [-0.4, -0.2) is 16.2 Å². The third-order valence-electron chi connectivity index (χ3n) is 2.13. The number of halogens is 4. The number of primary amides is 1. The fraction of sp³-hybridized carbons (Fsp3) is 0.400. The lowest BCUT2D eigenvalue weighted by molar-refractivity contribution is -0.138. The number of aromatic nitrogens is 1. The number of nitrogens with zero attached hydrogens (tertiary/aromatic N) is 1. The first-order valence-corrected chi connectivity index (χ1v) is 5.91. The van der Waals surface area contributed by atoms with Crippen LogP contribution in [0.3, 0.4) is 0 Å². The van der Waals surface area contributed by atoms with Crippen molar-refractivity contribution >= 4 is 21.8 Å². The zero-order chi connectivity index (χ0) is 13.1. The number of carbonyl (C=O) groups is 1. The molecule has 1 rings (SSSR count). The van der Waals surface area contributed by atoms with Crippen LogP contribution in [0.15, 0.2) is 12.3 Å². The lowest BCUT2D eigenvalue weighted by Crippen LogP contribution is -2.22. The fourth-order valence-corrected chi connectivity index (χ4v) is 1.72. The molecule has 0 saturated heterocycles. The minimum Gasteiger partial charge on any atom is -0.366 e. The van der Waals surface area contributed by atoms with Gasteiger partial charge in [0.05, 0.1) is 16.8 Å². The molecule has 0 atom stereocenters. The molecule has 1 aromatic heterocycles. The average Bonchev–Trinajstić information content (AvgIpc) is 2.24. The molecule has 0 fully saturated rings. The summed E-state index contributed by atoms with van der Waals surface area (Å²) in [4.78, 5) is 14.9. The van der Waals surface area contributed by atoms with Crippen LogP contribution < -0.4 is 5.73 Å². The van der Waals surface area contributed by atoms with Crippen LogP contribution in [0.25, 0.3) is 0 Å². The second kappa shape index (κ2) is 5.48. The monoisotopic (exact) mass is 310 g/mol. The summed E-state index contributed by atoms with van der Waals surface area (Å²) in [7, 11) is 0. The molecule has 94 valence electrons. The molecule has 1 aromatic rings. The third kappa shape index (κ3) is 3.42. The summed E-state index contributed by atoms with van der Waals surface area (Å²) >= 11 is 3.16. The number of aryl methyl sites for hydroxylation is 1. The maximum Gasteiger partial charge on any atom is 0.417 e. The van der Waals surface area contributed by atoms with E-state index in [0.717, 1.165) is 12.3 Å². The van der Waals surface area contributed by atoms with Gasteiger partial charge in [-0.05, 0) is 18.9 Å². The molecule has 0 aromatic carbocycles. The van der Waals surface area contributed by atoms with E-state index in [1.807, 2.05) is 0 Å². The van der Waals surface area contributed by atoms with Gasteiger partial charge < -0.3 is 5.73 Å². The first-order chi connectivity index (χ1) is 7.88. The van der Waals surface area contributed by atoms with Gasteiger partial charge in [0, 0.05) is 11.5 Å². The van der Waals surface area contributed by atoms with E-state index in [9.17, 15) is 18.0 Å². The summed E-state index contributed by atoms with van der Waals surface area (Å²) in [5.74, 6) is -1.10. The number of hydrogen-bond donors (Lipinski definition) is 1. The van der Waals surface area contributed by atoms with Crippen LogP contribution in [0.2, 0.25) is 0 Å². The van der Waals surface area contributed by atoms with E-state index >= 15 is 0 Å². The van der Waals surface area contributed by atoms with Crippen molar-refractivity contribution in [1.82, 2.24) is 4.98 Å². The van der Waals surface area contributed by atoms with Gasteiger partial charge in [-0.2, -0.15) is 13.2 Å². The Bertz CT molecular complexity index is 421. The highest BCUT2D eigenvalue weighted by atomic mass is 79.9. The van der Waals surface area contributed by atoms with Crippen LogP contribution in [0.5, 0.6) is 0 Å². The molecule has 0 aliphatic heterocycles. The summed E-state index contributed by atoms with van der Waals surface area (Å²) in [5.41, 5.74) is 3.53. The van der Waals surface area contributed by atoms with Gasteiger partial charge in [-0.1, -0.05) is 15.9 Å². The Morgan fingerprint density at radius 2 is 2.12 bits per heavy atom. The summed E-state index contributed by atoms with van der Waals surface area (Å²) in [6, 6.07) is 0.762. The Morgan fingerprint density at radius 3 is 2.59 bits per heavy atom. The molecule has 1 amide bonds. The van der Waals surface area contributed by atoms with Crippen molar-refractivity contribution in [3.8, 4) is 0 Å². The van der Waals surface area contributed by atoms with E-state index in [1.54, 1.807) is 0 Å². The zero-order valence-corrected chi connectivity index (χ0v) is 10.3. The van der Waals surface area contributed by atoms with Crippen LogP contribution in [0, 0.1) is 0 Å². The van der Waals surface area contributed by atoms with Crippen molar-refractivity contribution in [2.75, 3.05) is 5.33 Å². The van der Waals surface area contributed by atoms with E-state index in [-0.39, 0.29) is 12.1 Å². The Morgan fingerprint density at radius 1 is 1.47 bits per heavy atom. The molecule has 0 aliphatic rings. The molecule has 0 aliphatic carbocycles. The lowest BCUT2D eigenvalue weighted by Gasteiger charge is -2.13. The van der Waals surface area contributed by atoms with Crippen LogP contribution in [0.4, 0.5) is 13.2 Å². The largest absolute Gasteiger partial charge is 0.417 e. The van der Waals surface area contributed by atoms with E-state index in [4.69, 9.17) is 5.73 Å². The van der Waals surface area contributed by atoms with Gasteiger partial charge in [0.25, 0.3) is 5.91 Å². The van der Waals surface area contributed by atoms with Gasteiger partial charge in [0.2, 0.25) is 0 Å². The number of nitrogens with two attached hydrogens (primary N) is 1. The van der Waals surface area contributed by atoms with Gasteiger partial charge >= 0.3 is 6.18 Å². The number of hydrogen-bond acceptors (Lipinski definition) is 2. The molecule has 0 spiro atoms. The maximum atomic E-state index is 12.7. The highest BCUT2D eigenvalue weighted by Crippen LogP contribution is 2.32. The molecule has 0 radical (unpaired) electrons. The number of rotatable bonds is 4. The first kappa shape index (κ1) is 14.0. The SMILES string of the molecule is NC(=O)c1c(C(F)(F)F)ccnc1CCCBr. The molecule has 7 heteroatoms. The standard InChI is InChI=1S/C10H10BrF3N2O/c11-4-1-2-7-8(9(15)17)6(3-5-16-7)10(12,13)14/h3,5H,1-2,4H2,(H2,15,17). The van der Waals surface area contributed by atoms with Crippen molar-refractivity contribution in [3.63, 3.8) is 0 Å². The Balaban J connectivity index is 3.27. The third-order valence-corrected chi connectivity index (χ3v) is 2.69. The highest BCUT2D eigenvalue weighted by Gasteiger charge is 2.36. The minimum absolute atomic E-state index is 0.0896. The van der Waals surface area contributed by atoms with Crippen LogP contribution >= 0.6 is 15.9 Å². The fourth-order valence-electron chi connectivity index (χ4n) is 1.44. The minimum atomic E-state index is -4.60. The van der Waals surface area contributed by atoms with Crippen molar-refractivity contribution in [2.45, 2.75) is 19.0 Å². The van der Waals surface area contributed by atoms with E-state index in [1.165, 1.54) is 0 Å². The van der Waals surface area contributed by atoms with Crippen molar-refractivity contribution in [3.05, 3.63) is 29.1 Å². The molecule has 17 heavy (non-hydrogen) atoms. The van der Waals surface area contributed by atoms with Gasteiger partial charge in [0.1, 0.15) is 0 Å². The quantitative estimate of drug-likeness (QED) is 0.869. The predicted molar refractivity (Wildman–Crippen MR) is 59.9 cm³/mol. The topological polar surface area (TPSA) is 56.0 Å². The second-order valence-electron chi connectivity index (χ2n) is 3.33. The number of alkyl halides is 4. The first-order valence-electron chi connectivity index (χ1n) is 4.78. The zero-order valence-electron chi connectivity index (χ0n) is 8.72. The molecule has 3 nitrogen and oxygen atoms in total. The molecule has 0 bridgehead atoms. The molecular weight excluding hydrogens is 301 g/mol. The van der Waals surface area contributed by atoms with Gasteiger partial charge in [0.15, 0.2) is 0 Å². The van der Waals surface area contributed by atoms with Gasteiger partial charge in [-0.25, -0.2) is 0 Å². The van der Waals surface area contributed by atoms with Crippen molar-refractivity contribution in [2.24, 2.45) is 5.73 Å². The molecule has 0 saturated carbocycles. The average molecular weight is 311 g/mol. The summed E-state index contributed by atoms with van der Waals surface area (Å²) in [6.45, 7) is 0. The summed E-state index contributed by atoms with van der Waals surface area (Å²) < 4.78 is 38.0. The number of carbonyl (C=O) groups excluding carboxylic acids is 1. The summed E-state index contributed by atoms with van der Waals surface area (Å²) in [6.07, 6.45) is -2.71. The summed E-state index contributed by atoms with van der Waals surface area (Å²) in [5, 5.41) is 0.614. The number of amides is 1. The molecule has 0 unspecified atom stereocenters. The maximum absolute atomic E-state index is 12.7. The Labute approximate surface area is 104 Å². The molecular formula is C10H10BrF3N2O. The van der Waals surface area contributed by atoms with E-state index in [2.05, 4.69) is 20.9 Å². The van der Waals surface area contributed by atoms with E-state index in [0.29, 0.717) is 11.8 Å². The lowest BCUT2D eigenvalue weighted by atomic mass is 10.0. The molecule has 2 N–H and O–H groups in total. The van der Waals surface area contributed by atoms with Gasteiger partial charge in [-0.15, -0.1) is 0 Å². The second-order valence-corrected chi connectivity index (χ2v) is 4.13. The van der Waals surface area contributed by atoms with E-state index < -0.39 is 23.2 Å². The smallest absolute Gasteiger partial charge is 0.366 e. The van der Waals surface area contributed by atoms with Crippen LogP contribution in [-0.2, 0) is 12.6 Å². The predicted octanol–water partition coefficient (Wildman–Crippen LogP) is 2.53. The van der Waals surface area contributed by atoms with Gasteiger partial charge in [-0.3, -0.25) is 9.78 Å².